The molecule has 0 aliphatic heterocycles. The molecule has 0 radical (unpaired) electrons. The first-order valence-electron chi connectivity index (χ1n) is 7.78. The van der Waals surface area contributed by atoms with E-state index >= 15 is 0 Å². The summed E-state index contributed by atoms with van der Waals surface area (Å²) in [5.74, 6) is -0.826. The number of carbonyl (C=O) groups excluding carboxylic acids is 2. The van der Waals surface area contributed by atoms with Gasteiger partial charge in [0.1, 0.15) is 0 Å². The maximum Gasteiger partial charge on any atom is 0.305 e. The van der Waals surface area contributed by atoms with E-state index < -0.39 is 5.97 Å². The summed E-state index contributed by atoms with van der Waals surface area (Å²) in [5.41, 5.74) is 0. The Bertz CT molecular complexity index is 376. The third-order valence-electron chi connectivity index (χ3n) is 3.77. The van der Waals surface area contributed by atoms with E-state index in [1.54, 1.807) is 9.80 Å². The van der Waals surface area contributed by atoms with Gasteiger partial charge < -0.3 is 14.9 Å². The Balaban J connectivity index is 2.33. The van der Waals surface area contributed by atoms with Crippen LogP contribution in [0.3, 0.4) is 0 Å². The highest BCUT2D eigenvalue weighted by atomic mass is 16.4. The number of hydrogen-bond acceptors (Lipinski definition) is 3. The lowest BCUT2D eigenvalue weighted by atomic mass is 10.2. The van der Waals surface area contributed by atoms with Gasteiger partial charge in [0.25, 0.3) is 0 Å². The molecule has 1 fully saturated rings. The van der Waals surface area contributed by atoms with Crippen molar-refractivity contribution in [1.82, 2.24) is 9.80 Å². The van der Waals surface area contributed by atoms with E-state index in [1.807, 2.05) is 13.8 Å². The molecule has 0 aromatic rings. The van der Waals surface area contributed by atoms with Crippen LogP contribution in [0, 0.1) is 0 Å². The van der Waals surface area contributed by atoms with Gasteiger partial charge in [-0.25, -0.2) is 0 Å². The highest BCUT2D eigenvalue weighted by molar-refractivity contribution is 5.79. The lowest BCUT2D eigenvalue weighted by molar-refractivity contribution is -0.138. The number of amides is 2. The summed E-state index contributed by atoms with van der Waals surface area (Å²) in [4.78, 5) is 38.0. The molecule has 1 aliphatic rings. The first kappa shape index (κ1) is 17.5. The SMILES string of the molecule is CCN(CC)C(=O)CCCC(=O)N(CCC(=O)O)C1CC1. The maximum absolute atomic E-state index is 12.1. The predicted molar refractivity (Wildman–Crippen MR) is 78.8 cm³/mol. The topological polar surface area (TPSA) is 77.9 Å². The van der Waals surface area contributed by atoms with Gasteiger partial charge >= 0.3 is 5.97 Å². The molecule has 0 unspecified atom stereocenters. The second-order valence-electron chi connectivity index (χ2n) is 5.38. The number of carboxylic acids is 1. The monoisotopic (exact) mass is 298 g/mol. The fraction of sp³-hybridized carbons (Fsp3) is 0.800. The van der Waals surface area contributed by atoms with Gasteiger partial charge in [0, 0.05) is 38.5 Å². The zero-order chi connectivity index (χ0) is 15.8. The minimum Gasteiger partial charge on any atom is -0.481 e. The first-order chi connectivity index (χ1) is 9.99. The van der Waals surface area contributed by atoms with Crippen molar-refractivity contribution in [1.29, 1.82) is 0 Å². The van der Waals surface area contributed by atoms with Crippen LogP contribution in [0.2, 0.25) is 0 Å². The van der Waals surface area contributed by atoms with Gasteiger partial charge in [-0.2, -0.15) is 0 Å². The summed E-state index contributed by atoms with van der Waals surface area (Å²) in [6.45, 7) is 5.54. The highest BCUT2D eigenvalue weighted by Crippen LogP contribution is 2.27. The number of nitrogens with zero attached hydrogens (tertiary/aromatic N) is 2. The number of hydrogen-bond donors (Lipinski definition) is 1. The van der Waals surface area contributed by atoms with E-state index in [0.717, 1.165) is 12.8 Å². The normalized spacial score (nSPS) is 13.8. The molecule has 1 N–H and O–H groups in total. The molecule has 21 heavy (non-hydrogen) atoms. The van der Waals surface area contributed by atoms with Crippen molar-refractivity contribution in [2.45, 2.75) is 58.4 Å². The van der Waals surface area contributed by atoms with Crippen LogP contribution in [0.1, 0.15) is 52.4 Å². The van der Waals surface area contributed by atoms with Gasteiger partial charge in [0.15, 0.2) is 0 Å². The van der Waals surface area contributed by atoms with Crippen molar-refractivity contribution in [3.8, 4) is 0 Å². The van der Waals surface area contributed by atoms with Crippen LogP contribution in [-0.2, 0) is 14.4 Å². The van der Waals surface area contributed by atoms with Gasteiger partial charge in [-0.05, 0) is 33.1 Å². The molecule has 0 spiro atoms. The quantitative estimate of drug-likeness (QED) is 0.663. The van der Waals surface area contributed by atoms with Crippen molar-refractivity contribution in [3.05, 3.63) is 0 Å². The van der Waals surface area contributed by atoms with E-state index in [4.69, 9.17) is 5.11 Å². The van der Waals surface area contributed by atoms with Gasteiger partial charge in [-0.1, -0.05) is 0 Å². The maximum atomic E-state index is 12.1. The molecule has 0 atom stereocenters. The highest BCUT2D eigenvalue weighted by Gasteiger charge is 2.32. The number of carbonyl (C=O) groups is 3. The van der Waals surface area contributed by atoms with Crippen molar-refractivity contribution >= 4 is 17.8 Å². The molecule has 0 aromatic carbocycles. The molecule has 6 nitrogen and oxygen atoms in total. The smallest absolute Gasteiger partial charge is 0.305 e. The van der Waals surface area contributed by atoms with Crippen LogP contribution < -0.4 is 0 Å². The molecule has 6 heteroatoms. The lowest BCUT2D eigenvalue weighted by Gasteiger charge is -2.22. The molecule has 0 saturated heterocycles. The van der Waals surface area contributed by atoms with Crippen LogP contribution in [0.15, 0.2) is 0 Å². The number of carboxylic acid groups (broad SMARTS) is 1. The summed E-state index contributed by atoms with van der Waals surface area (Å²) in [6.07, 6.45) is 3.15. The molecule has 2 amide bonds. The van der Waals surface area contributed by atoms with E-state index in [-0.39, 0.29) is 30.8 Å². The average Bonchev–Trinajstić information content (AvgIpc) is 3.24. The van der Waals surface area contributed by atoms with Gasteiger partial charge in [-0.3, -0.25) is 14.4 Å². The number of rotatable bonds is 10. The third kappa shape index (κ3) is 6.14. The van der Waals surface area contributed by atoms with Crippen LogP contribution in [0.5, 0.6) is 0 Å². The second kappa shape index (κ2) is 8.64. The number of aliphatic carboxylic acids is 1. The Morgan fingerprint density at radius 3 is 2.05 bits per heavy atom. The Labute approximate surface area is 126 Å². The molecule has 1 rings (SSSR count). The van der Waals surface area contributed by atoms with Crippen molar-refractivity contribution in [2.75, 3.05) is 19.6 Å². The summed E-state index contributed by atoms with van der Waals surface area (Å²) < 4.78 is 0. The van der Waals surface area contributed by atoms with E-state index in [2.05, 4.69) is 0 Å². The van der Waals surface area contributed by atoms with Gasteiger partial charge in [0.05, 0.1) is 6.42 Å². The third-order valence-corrected chi connectivity index (χ3v) is 3.77. The summed E-state index contributed by atoms with van der Waals surface area (Å²) in [7, 11) is 0. The molecule has 0 bridgehead atoms. The fourth-order valence-corrected chi connectivity index (χ4v) is 2.38. The molecule has 0 heterocycles. The summed E-state index contributed by atoms with van der Waals surface area (Å²) >= 11 is 0. The molecular formula is C15H26N2O4. The molecular weight excluding hydrogens is 272 g/mol. The van der Waals surface area contributed by atoms with Crippen LogP contribution in [0.4, 0.5) is 0 Å². The fourth-order valence-electron chi connectivity index (χ4n) is 2.38. The Hall–Kier alpha value is -1.59. The zero-order valence-electron chi connectivity index (χ0n) is 13.0. The van der Waals surface area contributed by atoms with Crippen LogP contribution in [0.25, 0.3) is 0 Å². The lowest BCUT2D eigenvalue weighted by Crippen LogP contribution is -2.35. The average molecular weight is 298 g/mol. The Kier molecular flexibility index (Phi) is 7.19. The van der Waals surface area contributed by atoms with Crippen LogP contribution >= 0.6 is 0 Å². The standard InChI is InChI=1S/C15H26N2O4/c1-3-16(4-2)13(18)6-5-7-14(19)17(12-8-9-12)11-10-15(20)21/h12H,3-11H2,1-2H3,(H,20,21). The minimum absolute atomic E-state index is 0.0133. The molecule has 120 valence electrons. The Morgan fingerprint density at radius 1 is 1.00 bits per heavy atom. The first-order valence-corrected chi connectivity index (χ1v) is 7.78. The molecule has 1 saturated carbocycles. The second-order valence-corrected chi connectivity index (χ2v) is 5.38. The zero-order valence-corrected chi connectivity index (χ0v) is 13.0. The summed E-state index contributed by atoms with van der Waals surface area (Å²) in [6, 6.07) is 0.218. The van der Waals surface area contributed by atoms with E-state index in [9.17, 15) is 14.4 Å². The largest absolute Gasteiger partial charge is 0.481 e. The predicted octanol–water partition coefficient (Wildman–Crippen LogP) is 1.49. The van der Waals surface area contributed by atoms with Crippen LogP contribution in [-0.4, -0.2) is 58.4 Å². The van der Waals surface area contributed by atoms with Crippen molar-refractivity contribution in [2.24, 2.45) is 0 Å². The van der Waals surface area contributed by atoms with Gasteiger partial charge in [0.2, 0.25) is 11.8 Å². The Morgan fingerprint density at radius 2 is 1.57 bits per heavy atom. The van der Waals surface area contributed by atoms with Crippen molar-refractivity contribution < 1.29 is 19.5 Å². The van der Waals surface area contributed by atoms with Gasteiger partial charge in [-0.15, -0.1) is 0 Å². The van der Waals surface area contributed by atoms with Crippen molar-refractivity contribution in [3.63, 3.8) is 0 Å². The molecule has 0 aromatic heterocycles. The van der Waals surface area contributed by atoms with E-state index in [1.165, 1.54) is 0 Å². The summed E-state index contributed by atoms with van der Waals surface area (Å²) in [5, 5.41) is 8.72. The molecule has 1 aliphatic carbocycles. The minimum atomic E-state index is -0.884. The van der Waals surface area contributed by atoms with E-state index in [0.29, 0.717) is 32.4 Å².